The fourth-order valence-electron chi connectivity index (χ4n) is 3.66. The molecule has 2 heterocycles. The van der Waals surface area contributed by atoms with Crippen LogP contribution in [-0.4, -0.2) is 52.1 Å². The summed E-state index contributed by atoms with van der Waals surface area (Å²) in [6.07, 6.45) is 2.34. The van der Waals surface area contributed by atoms with Crippen molar-refractivity contribution in [1.29, 1.82) is 0 Å². The van der Waals surface area contributed by atoms with E-state index in [1.54, 1.807) is 12.0 Å². The number of nitrogens with zero attached hydrogens (tertiary/aromatic N) is 3. The lowest BCUT2D eigenvalue weighted by molar-refractivity contribution is -0.128. The SMILES string of the molecule is COc1ccccc1CCN1CC(C(=O)Nc2cccc(-c3ncn[nH]3)c2)CC1=O. The first kappa shape index (κ1) is 19.6. The molecule has 1 atom stereocenters. The van der Waals surface area contributed by atoms with Gasteiger partial charge in [0.2, 0.25) is 11.8 Å². The van der Waals surface area contributed by atoms with E-state index >= 15 is 0 Å². The molecule has 0 aliphatic carbocycles. The van der Waals surface area contributed by atoms with Crippen LogP contribution in [0.4, 0.5) is 5.69 Å². The highest BCUT2D eigenvalue weighted by Crippen LogP contribution is 2.24. The minimum absolute atomic E-state index is 0.000425. The van der Waals surface area contributed by atoms with E-state index in [4.69, 9.17) is 4.74 Å². The third-order valence-corrected chi connectivity index (χ3v) is 5.25. The van der Waals surface area contributed by atoms with Crippen LogP contribution in [0.25, 0.3) is 11.4 Å². The minimum Gasteiger partial charge on any atom is -0.496 e. The first-order valence-electron chi connectivity index (χ1n) is 9.80. The predicted octanol–water partition coefficient (Wildman–Crippen LogP) is 2.51. The molecule has 8 heteroatoms. The maximum atomic E-state index is 12.7. The number of benzene rings is 2. The maximum Gasteiger partial charge on any atom is 0.229 e. The lowest BCUT2D eigenvalue weighted by Crippen LogP contribution is -2.30. The van der Waals surface area contributed by atoms with Gasteiger partial charge < -0.3 is 15.0 Å². The molecular weight excluding hydrogens is 382 g/mol. The molecule has 1 aromatic heterocycles. The van der Waals surface area contributed by atoms with Crippen LogP contribution in [0.5, 0.6) is 5.75 Å². The smallest absolute Gasteiger partial charge is 0.229 e. The maximum absolute atomic E-state index is 12.7. The van der Waals surface area contributed by atoms with Crippen LogP contribution in [-0.2, 0) is 16.0 Å². The summed E-state index contributed by atoms with van der Waals surface area (Å²) in [5.41, 5.74) is 2.53. The summed E-state index contributed by atoms with van der Waals surface area (Å²) in [6, 6.07) is 15.1. The van der Waals surface area contributed by atoms with Crippen LogP contribution < -0.4 is 10.1 Å². The van der Waals surface area contributed by atoms with Crippen molar-refractivity contribution in [2.45, 2.75) is 12.8 Å². The van der Waals surface area contributed by atoms with Gasteiger partial charge in [-0.15, -0.1) is 0 Å². The number of para-hydroxylation sites is 1. The van der Waals surface area contributed by atoms with Crippen LogP contribution >= 0.6 is 0 Å². The number of H-pyrrole nitrogens is 1. The van der Waals surface area contributed by atoms with Gasteiger partial charge in [-0.2, -0.15) is 5.10 Å². The molecule has 2 amide bonds. The van der Waals surface area contributed by atoms with Gasteiger partial charge in [-0.1, -0.05) is 30.3 Å². The second kappa shape index (κ2) is 8.77. The molecule has 1 saturated heterocycles. The zero-order chi connectivity index (χ0) is 20.9. The molecule has 8 nitrogen and oxygen atoms in total. The molecule has 1 unspecified atom stereocenters. The Kier molecular flexibility index (Phi) is 5.74. The van der Waals surface area contributed by atoms with E-state index in [2.05, 4.69) is 20.5 Å². The number of nitrogens with one attached hydrogen (secondary N) is 2. The molecule has 4 rings (SSSR count). The summed E-state index contributed by atoms with van der Waals surface area (Å²) < 4.78 is 5.37. The minimum atomic E-state index is -0.371. The molecule has 2 aromatic carbocycles. The number of amides is 2. The van der Waals surface area contributed by atoms with Crippen molar-refractivity contribution < 1.29 is 14.3 Å². The number of rotatable bonds is 7. The summed E-state index contributed by atoms with van der Waals surface area (Å²) in [7, 11) is 1.64. The Balaban J connectivity index is 1.36. The highest BCUT2D eigenvalue weighted by molar-refractivity contribution is 5.97. The molecule has 2 N–H and O–H groups in total. The summed E-state index contributed by atoms with van der Waals surface area (Å²) in [5, 5.41) is 9.57. The van der Waals surface area contributed by atoms with Crippen molar-refractivity contribution >= 4 is 17.5 Å². The van der Waals surface area contributed by atoms with Gasteiger partial charge in [-0.3, -0.25) is 14.7 Å². The number of methoxy groups -OCH3 is 1. The molecule has 1 aliphatic rings. The first-order valence-corrected chi connectivity index (χ1v) is 9.80. The fraction of sp³-hybridized carbons (Fsp3) is 0.273. The van der Waals surface area contributed by atoms with E-state index in [1.165, 1.54) is 6.33 Å². The molecule has 30 heavy (non-hydrogen) atoms. The Hall–Kier alpha value is -3.68. The van der Waals surface area contributed by atoms with Crippen LogP contribution in [0.2, 0.25) is 0 Å². The Labute approximate surface area is 174 Å². The fourth-order valence-corrected chi connectivity index (χ4v) is 3.66. The van der Waals surface area contributed by atoms with Crippen LogP contribution in [0, 0.1) is 5.92 Å². The number of hydrogen-bond acceptors (Lipinski definition) is 5. The highest BCUT2D eigenvalue weighted by Gasteiger charge is 2.34. The third-order valence-electron chi connectivity index (χ3n) is 5.25. The molecular formula is C22H23N5O3. The molecule has 0 saturated carbocycles. The number of aromatic nitrogens is 3. The van der Waals surface area contributed by atoms with Gasteiger partial charge in [-0.25, -0.2) is 4.98 Å². The van der Waals surface area contributed by atoms with Gasteiger partial charge in [0.1, 0.15) is 12.1 Å². The average Bonchev–Trinajstić information content (AvgIpc) is 3.43. The largest absolute Gasteiger partial charge is 0.496 e. The van der Waals surface area contributed by atoms with E-state index in [-0.39, 0.29) is 24.2 Å². The summed E-state index contributed by atoms with van der Waals surface area (Å²) in [5.74, 6) is 0.914. The Morgan fingerprint density at radius 1 is 1.27 bits per heavy atom. The van der Waals surface area contributed by atoms with Gasteiger partial charge in [0.25, 0.3) is 0 Å². The van der Waals surface area contributed by atoms with Gasteiger partial charge in [0, 0.05) is 30.8 Å². The van der Waals surface area contributed by atoms with E-state index < -0.39 is 0 Å². The van der Waals surface area contributed by atoms with Crippen LogP contribution in [0.1, 0.15) is 12.0 Å². The van der Waals surface area contributed by atoms with Crippen molar-refractivity contribution in [2.75, 3.05) is 25.5 Å². The first-order chi connectivity index (χ1) is 14.6. The predicted molar refractivity (Wildman–Crippen MR) is 112 cm³/mol. The van der Waals surface area contributed by atoms with Crippen LogP contribution in [0.3, 0.4) is 0 Å². The third kappa shape index (κ3) is 4.32. The van der Waals surface area contributed by atoms with Crippen LogP contribution in [0.15, 0.2) is 54.9 Å². The van der Waals surface area contributed by atoms with Gasteiger partial charge in [0.05, 0.1) is 13.0 Å². The average molecular weight is 405 g/mol. The normalized spacial score (nSPS) is 16.0. The molecule has 0 radical (unpaired) electrons. The number of carbonyl (C=O) groups is 2. The molecule has 0 bridgehead atoms. The highest BCUT2D eigenvalue weighted by atomic mass is 16.5. The molecule has 154 valence electrons. The van der Waals surface area contributed by atoms with Crippen molar-refractivity contribution in [3.63, 3.8) is 0 Å². The zero-order valence-corrected chi connectivity index (χ0v) is 16.7. The van der Waals surface area contributed by atoms with Crippen molar-refractivity contribution in [3.8, 4) is 17.1 Å². The van der Waals surface area contributed by atoms with E-state index in [0.29, 0.717) is 31.0 Å². The zero-order valence-electron chi connectivity index (χ0n) is 16.7. The molecule has 0 spiro atoms. The number of ether oxygens (including phenoxy) is 1. The monoisotopic (exact) mass is 405 g/mol. The quantitative estimate of drug-likeness (QED) is 0.629. The standard InChI is InChI=1S/C22H23N5O3/c1-30-19-8-3-2-5-15(19)9-10-27-13-17(12-20(27)28)22(29)25-18-7-4-6-16(11-18)21-23-14-24-26-21/h2-8,11,14,17H,9-10,12-13H2,1H3,(H,25,29)(H,23,24,26). The molecule has 3 aromatic rings. The van der Waals surface area contributed by atoms with Crippen molar-refractivity contribution in [3.05, 3.63) is 60.4 Å². The number of hydrogen-bond donors (Lipinski definition) is 2. The summed E-state index contributed by atoms with van der Waals surface area (Å²) >= 11 is 0. The van der Waals surface area contributed by atoms with E-state index in [1.807, 2.05) is 48.5 Å². The Bertz CT molecular complexity index is 1030. The molecule has 1 aliphatic heterocycles. The van der Waals surface area contributed by atoms with E-state index in [0.717, 1.165) is 16.9 Å². The Morgan fingerprint density at radius 3 is 2.93 bits per heavy atom. The lowest BCUT2D eigenvalue weighted by atomic mass is 10.1. The number of carbonyl (C=O) groups excluding carboxylic acids is 2. The second-order valence-electron chi connectivity index (χ2n) is 7.21. The second-order valence-corrected chi connectivity index (χ2v) is 7.21. The van der Waals surface area contributed by atoms with Gasteiger partial charge in [0.15, 0.2) is 5.82 Å². The Morgan fingerprint density at radius 2 is 2.13 bits per heavy atom. The molecule has 1 fully saturated rings. The summed E-state index contributed by atoms with van der Waals surface area (Å²) in [4.78, 5) is 31.0. The van der Waals surface area contributed by atoms with Gasteiger partial charge >= 0.3 is 0 Å². The van der Waals surface area contributed by atoms with E-state index in [9.17, 15) is 9.59 Å². The topological polar surface area (TPSA) is 100 Å². The van der Waals surface area contributed by atoms with Crippen molar-refractivity contribution in [2.24, 2.45) is 5.92 Å². The number of likely N-dealkylation sites (tertiary alicyclic amines) is 1. The van der Waals surface area contributed by atoms with Crippen molar-refractivity contribution in [1.82, 2.24) is 20.1 Å². The number of aromatic amines is 1. The number of anilines is 1. The lowest BCUT2D eigenvalue weighted by Gasteiger charge is -2.17. The summed E-state index contributed by atoms with van der Waals surface area (Å²) in [6.45, 7) is 0.978. The van der Waals surface area contributed by atoms with Gasteiger partial charge in [-0.05, 0) is 30.2 Å².